The van der Waals surface area contributed by atoms with Crippen LogP contribution in [-0.2, 0) is 6.42 Å². The molecule has 20 heavy (non-hydrogen) atoms. The number of hydrogen-bond acceptors (Lipinski definition) is 4. The first-order valence-corrected chi connectivity index (χ1v) is 6.27. The predicted molar refractivity (Wildman–Crippen MR) is 71.2 cm³/mol. The fraction of sp³-hybridized carbons (Fsp3) is 0.286. The summed E-state index contributed by atoms with van der Waals surface area (Å²) in [5, 5.41) is 0. The molecule has 2 aromatic heterocycles. The molecule has 0 aliphatic carbocycles. The minimum absolute atomic E-state index is 0.155. The Bertz CT molecular complexity index is 639. The van der Waals surface area contributed by atoms with Gasteiger partial charge in [0.2, 0.25) is 0 Å². The highest BCUT2D eigenvalue weighted by Gasteiger charge is 2.16. The minimum atomic E-state index is -0.504. The number of amides is 2. The topological polar surface area (TPSA) is 84.5 Å². The number of rotatable bonds is 3. The second kappa shape index (κ2) is 5.64. The van der Waals surface area contributed by atoms with Crippen LogP contribution in [-0.4, -0.2) is 11.8 Å². The maximum atomic E-state index is 11.9. The standard InChI is InChI=1S/C14H16N2O4/c1-4-10-5-6-12(20-10)14(18)16-15-13(17)11-7-8(2)19-9(11)3/h5-7H,4H2,1-3H3,(H,15,17)(H,16,18). The zero-order chi connectivity index (χ0) is 14.7. The highest BCUT2D eigenvalue weighted by atomic mass is 16.4. The molecule has 6 nitrogen and oxygen atoms in total. The molecule has 0 fully saturated rings. The zero-order valence-electron chi connectivity index (χ0n) is 11.6. The molecule has 0 atom stereocenters. The molecule has 0 bridgehead atoms. The largest absolute Gasteiger partial charge is 0.466 e. The van der Waals surface area contributed by atoms with Gasteiger partial charge in [-0.05, 0) is 32.0 Å². The summed E-state index contributed by atoms with van der Waals surface area (Å²) in [6.07, 6.45) is 0.702. The number of carbonyl (C=O) groups excluding carboxylic acids is 2. The van der Waals surface area contributed by atoms with Gasteiger partial charge in [0.1, 0.15) is 17.3 Å². The molecule has 0 aliphatic heterocycles. The van der Waals surface area contributed by atoms with Crippen LogP contribution in [0.3, 0.4) is 0 Å². The van der Waals surface area contributed by atoms with Crippen molar-refractivity contribution < 1.29 is 18.4 Å². The molecular formula is C14H16N2O4. The van der Waals surface area contributed by atoms with Crippen LogP contribution in [0, 0.1) is 13.8 Å². The van der Waals surface area contributed by atoms with Gasteiger partial charge in [-0.25, -0.2) is 0 Å². The van der Waals surface area contributed by atoms with E-state index in [2.05, 4.69) is 10.9 Å². The molecular weight excluding hydrogens is 260 g/mol. The van der Waals surface area contributed by atoms with Gasteiger partial charge < -0.3 is 8.83 Å². The molecule has 2 heterocycles. The second-order valence-electron chi connectivity index (χ2n) is 4.35. The van der Waals surface area contributed by atoms with E-state index in [0.29, 0.717) is 29.3 Å². The molecule has 2 N–H and O–H groups in total. The van der Waals surface area contributed by atoms with Gasteiger partial charge in [0, 0.05) is 6.42 Å². The van der Waals surface area contributed by atoms with Crippen molar-refractivity contribution in [1.29, 1.82) is 0 Å². The monoisotopic (exact) mass is 276 g/mol. The van der Waals surface area contributed by atoms with Crippen molar-refractivity contribution in [3.05, 3.63) is 46.8 Å². The first-order chi connectivity index (χ1) is 9.51. The highest BCUT2D eigenvalue weighted by molar-refractivity contribution is 5.98. The van der Waals surface area contributed by atoms with Gasteiger partial charge in [0.25, 0.3) is 5.91 Å². The molecule has 106 valence electrons. The zero-order valence-corrected chi connectivity index (χ0v) is 11.6. The Balaban J connectivity index is 1.96. The van der Waals surface area contributed by atoms with E-state index in [1.807, 2.05) is 6.92 Å². The Morgan fingerprint density at radius 3 is 2.35 bits per heavy atom. The molecule has 0 saturated carbocycles. The third kappa shape index (κ3) is 2.90. The summed E-state index contributed by atoms with van der Waals surface area (Å²) in [4.78, 5) is 23.6. The van der Waals surface area contributed by atoms with Gasteiger partial charge in [-0.15, -0.1) is 0 Å². The van der Waals surface area contributed by atoms with Crippen LogP contribution in [0.5, 0.6) is 0 Å². The lowest BCUT2D eigenvalue weighted by Crippen LogP contribution is -2.41. The van der Waals surface area contributed by atoms with E-state index >= 15 is 0 Å². The summed E-state index contributed by atoms with van der Waals surface area (Å²) in [7, 11) is 0. The van der Waals surface area contributed by atoms with E-state index < -0.39 is 11.8 Å². The molecule has 0 spiro atoms. The van der Waals surface area contributed by atoms with Crippen LogP contribution in [0.15, 0.2) is 27.0 Å². The van der Waals surface area contributed by atoms with E-state index in [9.17, 15) is 9.59 Å². The number of aryl methyl sites for hydroxylation is 3. The third-order valence-electron chi connectivity index (χ3n) is 2.81. The van der Waals surface area contributed by atoms with E-state index in [0.717, 1.165) is 0 Å². The van der Waals surface area contributed by atoms with Crippen molar-refractivity contribution in [2.45, 2.75) is 27.2 Å². The number of hydrogen-bond donors (Lipinski definition) is 2. The number of nitrogens with one attached hydrogen (secondary N) is 2. The predicted octanol–water partition coefficient (Wildman–Crippen LogP) is 2.13. The molecule has 0 saturated heterocycles. The van der Waals surface area contributed by atoms with Gasteiger partial charge >= 0.3 is 5.91 Å². The summed E-state index contributed by atoms with van der Waals surface area (Å²) >= 11 is 0. The van der Waals surface area contributed by atoms with Gasteiger partial charge in [-0.2, -0.15) is 0 Å². The Morgan fingerprint density at radius 1 is 1.10 bits per heavy atom. The maximum absolute atomic E-state index is 11.9. The lowest BCUT2D eigenvalue weighted by atomic mass is 10.2. The lowest BCUT2D eigenvalue weighted by molar-refractivity contribution is 0.0829. The van der Waals surface area contributed by atoms with Crippen molar-refractivity contribution in [2.24, 2.45) is 0 Å². The summed E-state index contributed by atoms with van der Waals surface area (Å²) in [6, 6.07) is 4.90. The van der Waals surface area contributed by atoms with Crippen LogP contribution in [0.4, 0.5) is 0 Å². The van der Waals surface area contributed by atoms with E-state index in [1.165, 1.54) is 0 Å². The molecule has 0 aliphatic rings. The summed E-state index contributed by atoms with van der Waals surface area (Å²) < 4.78 is 10.5. The number of carbonyl (C=O) groups is 2. The Morgan fingerprint density at radius 2 is 1.80 bits per heavy atom. The Kier molecular flexibility index (Phi) is 3.93. The normalized spacial score (nSPS) is 10.3. The molecule has 6 heteroatoms. The fourth-order valence-corrected chi connectivity index (χ4v) is 1.79. The van der Waals surface area contributed by atoms with Crippen molar-refractivity contribution >= 4 is 11.8 Å². The molecule has 0 radical (unpaired) electrons. The van der Waals surface area contributed by atoms with Crippen molar-refractivity contribution in [1.82, 2.24) is 10.9 Å². The smallest absolute Gasteiger partial charge is 0.305 e. The van der Waals surface area contributed by atoms with Gasteiger partial charge in [-0.1, -0.05) is 6.92 Å². The quantitative estimate of drug-likeness (QED) is 0.841. The summed E-state index contributed by atoms with van der Waals surface area (Å²) in [6.45, 7) is 5.35. The Labute approximate surface area is 116 Å². The highest BCUT2D eigenvalue weighted by Crippen LogP contribution is 2.13. The lowest BCUT2D eigenvalue weighted by Gasteiger charge is -2.04. The third-order valence-corrected chi connectivity index (χ3v) is 2.81. The van der Waals surface area contributed by atoms with Crippen LogP contribution in [0.2, 0.25) is 0 Å². The Hall–Kier alpha value is -2.50. The number of hydrazine groups is 1. The molecule has 0 aromatic carbocycles. The van der Waals surface area contributed by atoms with Crippen molar-refractivity contribution in [3.63, 3.8) is 0 Å². The van der Waals surface area contributed by atoms with Gasteiger partial charge in [0.15, 0.2) is 5.76 Å². The van der Waals surface area contributed by atoms with E-state index in [1.54, 1.807) is 32.0 Å². The number of furan rings is 2. The fourth-order valence-electron chi connectivity index (χ4n) is 1.79. The van der Waals surface area contributed by atoms with Crippen LogP contribution >= 0.6 is 0 Å². The van der Waals surface area contributed by atoms with Crippen molar-refractivity contribution in [2.75, 3.05) is 0 Å². The van der Waals surface area contributed by atoms with E-state index in [4.69, 9.17) is 8.83 Å². The summed E-state index contributed by atoms with van der Waals surface area (Å²) in [5.74, 6) is 1.06. The average molecular weight is 276 g/mol. The first-order valence-electron chi connectivity index (χ1n) is 6.27. The maximum Gasteiger partial charge on any atom is 0.305 e. The van der Waals surface area contributed by atoms with Crippen LogP contribution in [0.1, 0.15) is 45.1 Å². The summed E-state index contributed by atoms with van der Waals surface area (Å²) in [5.41, 5.74) is 5.00. The first kappa shape index (κ1) is 13.9. The SMILES string of the molecule is CCc1ccc(C(=O)NNC(=O)c2cc(C)oc2C)o1. The molecule has 2 rings (SSSR count). The average Bonchev–Trinajstić information content (AvgIpc) is 3.02. The molecule has 2 aromatic rings. The van der Waals surface area contributed by atoms with Gasteiger partial charge in [-0.3, -0.25) is 20.4 Å². The minimum Gasteiger partial charge on any atom is -0.466 e. The van der Waals surface area contributed by atoms with E-state index in [-0.39, 0.29) is 5.76 Å². The second-order valence-corrected chi connectivity index (χ2v) is 4.35. The van der Waals surface area contributed by atoms with Crippen molar-refractivity contribution in [3.8, 4) is 0 Å². The van der Waals surface area contributed by atoms with Gasteiger partial charge in [0.05, 0.1) is 5.56 Å². The molecule has 0 unspecified atom stereocenters. The van der Waals surface area contributed by atoms with Crippen LogP contribution in [0.25, 0.3) is 0 Å². The molecule has 2 amide bonds. The van der Waals surface area contributed by atoms with Crippen LogP contribution < -0.4 is 10.9 Å².